The molecule has 2 heterocycles. The van der Waals surface area contributed by atoms with Crippen LogP contribution in [0.25, 0.3) is 0 Å². The van der Waals surface area contributed by atoms with Gasteiger partial charge < -0.3 is 9.73 Å². The second kappa shape index (κ2) is 9.92. The van der Waals surface area contributed by atoms with E-state index in [1.807, 2.05) is 17.5 Å². The van der Waals surface area contributed by atoms with Crippen LogP contribution in [0.4, 0.5) is 10.1 Å². The van der Waals surface area contributed by atoms with Gasteiger partial charge in [-0.3, -0.25) is 14.5 Å². The maximum Gasteiger partial charge on any atom is 0.251 e. The molecule has 1 aliphatic carbocycles. The van der Waals surface area contributed by atoms with Crippen LogP contribution in [0.2, 0.25) is 0 Å². The number of furan rings is 1. The molecule has 0 bridgehead atoms. The van der Waals surface area contributed by atoms with Crippen molar-refractivity contribution >= 4 is 28.8 Å². The first-order valence-corrected chi connectivity index (χ1v) is 11.4. The maximum atomic E-state index is 13.6. The van der Waals surface area contributed by atoms with E-state index >= 15 is 0 Å². The van der Waals surface area contributed by atoms with Gasteiger partial charge in [-0.05, 0) is 60.7 Å². The van der Waals surface area contributed by atoms with Crippen LogP contribution in [0.5, 0.6) is 0 Å². The molecule has 162 valence electrons. The predicted molar refractivity (Wildman–Crippen MR) is 118 cm³/mol. The molecule has 1 saturated carbocycles. The first kappa shape index (κ1) is 21.3. The van der Waals surface area contributed by atoms with Gasteiger partial charge in [-0.2, -0.15) is 0 Å². The number of hydrogen-bond acceptors (Lipinski definition) is 4. The summed E-state index contributed by atoms with van der Waals surface area (Å²) < 4.78 is 19.2. The Morgan fingerprint density at radius 1 is 1.10 bits per heavy atom. The Balaban J connectivity index is 1.69. The molecule has 0 radical (unpaired) electrons. The quantitative estimate of drug-likeness (QED) is 0.546. The van der Waals surface area contributed by atoms with Crippen molar-refractivity contribution in [2.75, 3.05) is 4.90 Å². The SMILES string of the molecule is O=C(NC1CCCCC1)[C@H](c1ccco1)N(C(=O)Cc1cccs1)c1ccc(F)cc1. The summed E-state index contributed by atoms with van der Waals surface area (Å²) in [6, 6.07) is 11.9. The fraction of sp³-hybridized carbons (Fsp3) is 0.333. The molecule has 1 fully saturated rings. The van der Waals surface area contributed by atoms with E-state index in [0.717, 1.165) is 30.6 Å². The lowest BCUT2D eigenvalue weighted by Crippen LogP contribution is -2.47. The minimum atomic E-state index is -0.977. The highest BCUT2D eigenvalue weighted by Gasteiger charge is 2.36. The molecule has 0 saturated heterocycles. The molecular weight excluding hydrogens is 415 g/mol. The van der Waals surface area contributed by atoms with Crippen molar-refractivity contribution in [3.05, 3.63) is 76.6 Å². The zero-order valence-electron chi connectivity index (χ0n) is 17.1. The van der Waals surface area contributed by atoms with Gasteiger partial charge >= 0.3 is 0 Å². The van der Waals surface area contributed by atoms with E-state index in [9.17, 15) is 14.0 Å². The molecule has 5 nitrogen and oxygen atoms in total. The number of rotatable bonds is 7. The smallest absolute Gasteiger partial charge is 0.251 e. The minimum Gasteiger partial charge on any atom is -0.467 e. The van der Waals surface area contributed by atoms with Gasteiger partial charge in [0, 0.05) is 16.6 Å². The maximum absolute atomic E-state index is 13.6. The summed E-state index contributed by atoms with van der Waals surface area (Å²) in [5.41, 5.74) is 0.447. The third-order valence-corrected chi connectivity index (χ3v) is 6.43. The van der Waals surface area contributed by atoms with Crippen molar-refractivity contribution in [1.82, 2.24) is 5.32 Å². The molecule has 2 aromatic heterocycles. The average molecular weight is 441 g/mol. The number of nitrogens with zero attached hydrogens (tertiary/aromatic N) is 1. The third-order valence-electron chi connectivity index (χ3n) is 5.55. The largest absolute Gasteiger partial charge is 0.467 e. The molecule has 0 unspecified atom stereocenters. The van der Waals surface area contributed by atoms with E-state index in [0.29, 0.717) is 11.4 Å². The Morgan fingerprint density at radius 2 is 1.87 bits per heavy atom. The molecule has 1 N–H and O–H groups in total. The number of hydrogen-bond donors (Lipinski definition) is 1. The second-order valence-electron chi connectivity index (χ2n) is 7.76. The highest BCUT2D eigenvalue weighted by molar-refractivity contribution is 7.10. The lowest BCUT2D eigenvalue weighted by Gasteiger charge is -2.32. The van der Waals surface area contributed by atoms with Crippen molar-refractivity contribution in [2.45, 2.75) is 50.6 Å². The first-order valence-electron chi connectivity index (χ1n) is 10.6. The molecule has 4 rings (SSSR count). The normalized spacial score (nSPS) is 15.4. The van der Waals surface area contributed by atoms with Crippen LogP contribution in [-0.2, 0) is 16.0 Å². The van der Waals surface area contributed by atoms with Gasteiger partial charge in [0.05, 0.1) is 12.7 Å². The number of thiophene rings is 1. The van der Waals surface area contributed by atoms with Crippen molar-refractivity contribution in [1.29, 1.82) is 0 Å². The van der Waals surface area contributed by atoms with E-state index in [4.69, 9.17) is 4.42 Å². The average Bonchev–Trinajstić information content (AvgIpc) is 3.48. The summed E-state index contributed by atoms with van der Waals surface area (Å²) in [5.74, 6) is -0.576. The molecule has 31 heavy (non-hydrogen) atoms. The van der Waals surface area contributed by atoms with Gasteiger partial charge in [-0.25, -0.2) is 4.39 Å². The van der Waals surface area contributed by atoms with E-state index in [2.05, 4.69) is 5.32 Å². The summed E-state index contributed by atoms with van der Waals surface area (Å²) in [5, 5.41) is 5.03. The van der Waals surface area contributed by atoms with Crippen LogP contribution in [0.15, 0.2) is 64.6 Å². The Hall–Kier alpha value is -2.93. The van der Waals surface area contributed by atoms with Crippen molar-refractivity contribution in [3.8, 4) is 0 Å². The Labute approximate surface area is 184 Å². The number of carbonyl (C=O) groups excluding carboxylic acids is 2. The Kier molecular flexibility index (Phi) is 6.82. The first-order chi connectivity index (χ1) is 15.1. The lowest BCUT2D eigenvalue weighted by atomic mass is 9.95. The zero-order valence-corrected chi connectivity index (χ0v) is 17.9. The number of halogens is 1. The Bertz CT molecular complexity index is 981. The topological polar surface area (TPSA) is 62.6 Å². The summed E-state index contributed by atoms with van der Waals surface area (Å²) in [6.07, 6.45) is 6.82. The second-order valence-corrected chi connectivity index (χ2v) is 8.79. The summed E-state index contributed by atoms with van der Waals surface area (Å²) >= 11 is 1.48. The third kappa shape index (κ3) is 5.22. The van der Waals surface area contributed by atoms with Crippen molar-refractivity contribution in [3.63, 3.8) is 0 Å². The minimum absolute atomic E-state index is 0.0844. The lowest BCUT2D eigenvalue weighted by molar-refractivity contribution is -0.127. The molecule has 7 heteroatoms. The van der Waals surface area contributed by atoms with Gasteiger partial charge in [0.15, 0.2) is 6.04 Å². The Morgan fingerprint density at radius 3 is 2.52 bits per heavy atom. The molecule has 3 aromatic rings. The number of nitrogens with one attached hydrogen (secondary N) is 1. The number of benzene rings is 1. The summed E-state index contributed by atoms with van der Waals surface area (Å²) in [7, 11) is 0. The van der Waals surface area contributed by atoms with Crippen molar-refractivity contribution in [2.24, 2.45) is 0 Å². The highest BCUT2D eigenvalue weighted by atomic mass is 32.1. The van der Waals surface area contributed by atoms with E-state index in [1.165, 1.54) is 53.2 Å². The summed E-state index contributed by atoms with van der Waals surface area (Å²) in [6.45, 7) is 0. The molecule has 0 aliphatic heterocycles. The number of amides is 2. The van der Waals surface area contributed by atoms with E-state index < -0.39 is 11.9 Å². The van der Waals surface area contributed by atoms with Crippen LogP contribution in [-0.4, -0.2) is 17.9 Å². The standard InChI is InChI=1S/C24H25FN2O3S/c25-17-10-12-19(13-11-17)27(22(28)16-20-8-5-15-31-20)23(21-9-4-14-30-21)24(29)26-18-6-2-1-3-7-18/h4-5,8-15,18,23H,1-3,6-7,16H2,(H,26,29)/t23-/m0/s1. The van der Waals surface area contributed by atoms with E-state index in [1.54, 1.807) is 12.1 Å². The summed E-state index contributed by atoms with van der Waals surface area (Å²) in [4.78, 5) is 29.2. The van der Waals surface area contributed by atoms with Crippen LogP contribution in [0, 0.1) is 5.82 Å². The molecule has 0 spiro atoms. The number of carbonyl (C=O) groups is 2. The van der Waals surface area contributed by atoms with Gasteiger partial charge in [0.2, 0.25) is 5.91 Å². The van der Waals surface area contributed by atoms with Gasteiger partial charge in [0.1, 0.15) is 11.6 Å². The van der Waals surface area contributed by atoms with Gasteiger partial charge in [-0.15, -0.1) is 11.3 Å². The fourth-order valence-electron chi connectivity index (χ4n) is 4.03. The predicted octanol–water partition coefficient (Wildman–Crippen LogP) is 5.25. The monoisotopic (exact) mass is 440 g/mol. The fourth-order valence-corrected chi connectivity index (χ4v) is 4.73. The molecule has 1 atom stereocenters. The number of anilines is 1. The highest BCUT2D eigenvalue weighted by Crippen LogP contribution is 2.30. The van der Waals surface area contributed by atoms with Crippen molar-refractivity contribution < 1.29 is 18.4 Å². The molecule has 1 aliphatic rings. The van der Waals surface area contributed by atoms with Gasteiger partial charge in [0.25, 0.3) is 5.91 Å². The van der Waals surface area contributed by atoms with Crippen LogP contribution in [0.3, 0.4) is 0 Å². The van der Waals surface area contributed by atoms with Crippen LogP contribution >= 0.6 is 11.3 Å². The zero-order chi connectivity index (χ0) is 21.6. The van der Waals surface area contributed by atoms with Crippen LogP contribution in [0.1, 0.15) is 48.8 Å². The van der Waals surface area contributed by atoms with Crippen LogP contribution < -0.4 is 10.2 Å². The molecule has 2 amide bonds. The van der Waals surface area contributed by atoms with Gasteiger partial charge in [-0.1, -0.05) is 25.3 Å². The van der Waals surface area contributed by atoms with E-state index in [-0.39, 0.29) is 24.3 Å². The molecular formula is C24H25FN2O3S. The molecule has 1 aromatic carbocycles.